The molecule has 0 saturated carbocycles. The minimum absolute atomic E-state index is 0.409. The van der Waals surface area contributed by atoms with E-state index in [1.165, 1.54) is 6.42 Å². The van der Waals surface area contributed by atoms with Gasteiger partial charge in [0.2, 0.25) is 0 Å². The summed E-state index contributed by atoms with van der Waals surface area (Å²) < 4.78 is 0. The number of nitrogens with zero attached hydrogens (tertiary/aromatic N) is 2. The van der Waals surface area contributed by atoms with Crippen LogP contribution in [-0.2, 0) is 0 Å². The van der Waals surface area contributed by atoms with Crippen LogP contribution >= 0.6 is 11.3 Å². The summed E-state index contributed by atoms with van der Waals surface area (Å²) >= 11 is 1.59. The highest BCUT2D eigenvalue weighted by Gasteiger charge is 2.13. The Labute approximate surface area is 102 Å². The molecule has 92 valence electrons. The molecule has 4 heteroatoms. The molecular weight excluding hydrogens is 220 g/mol. The summed E-state index contributed by atoms with van der Waals surface area (Å²) in [7, 11) is 0. The van der Waals surface area contributed by atoms with E-state index >= 15 is 0 Å². The first-order chi connectivity index (χ1) is 7.58. The summed E-state index contributed by atoms with van der Waals surface area (Å²) in [4.78, 5) is 7.61. The van der Waals surface area contributed by atoms with Gasteiger partial charge in [0.1, 0.15) is 0 Å². The van der Waals surface area contributed by atoms with E-state index in [4.69, 9.17) is 0 Å². The lowest BCUT2D eigenvalue weighted by Gasteiger charge is -2.23. The van der Waals surface area contributed by atoms with E-state index in [0.717, 1.165) is 23.1 Å². The molecule has 1 N–H and O–H groups in total. The van der Waals surface area contributed by atoms with Crippen LogP contribution in [0.25, 0.3) is 0 Å². The zero-order valence-electron chi connectivity index (χ0n) is 10.6. The van der Waals surface area contributed by atoms with Gasteiger partial charge in [-0.3, -0.25) is 0 Å². The van der Waals surface area contributed by atoms with Gasteiger partial charge in [-0.15, -0.1) is 0 Å². The highest BCUT2D eigenvalue weighted by molar-refractivity contribution is 7.15. The molecule has 1 heterocycles. The van der Waals surface area contributed by atoms with Crippen molar-refractivity contribution in [3.8, 4) is 0 Å². The van der Waals surface area contributed by atoms with Crippen LogP contribution in [0.15, 0.2) is 6.20 Å². The first-order valence-electron chi connectivity index (χ1n) is 5.97. The maximum absolute atomic E-state index is 9.47. The molecule has 1 aromatic heterocycles. The third-order valence-electron chi connectivity index (χ3n) is 2.80. The van der Waals surface area contributed by atoms with E-state index < -0.39 is 6.10 Å². The van der Waals surface area contributed by atoms with Crippen LogP contribution in [0.4, 0.5) is 5.13 Å². The number of thiazole rings is 1. The lowest BCUT2D eigenvalue weighted by molar-refractivity contribution is 0.203. The lowest BCUT2D eigenvalue weighted by Crippen LogP contribution is -2.27. The number of aromatic nitrogens is 1. The Kier molecular flexibility index (Phi) is 5.22. The van der Waals surface area contributed by atoms with Crippen LogP contribution < -0.4 is 4.90 Å². The predicted molar refractivity (Wildman–Crippen MR) is 70.1 cm³/mol. The Morgan fingerprint density at radius 1 is 1.44 bits per heavy atom. The molecule has 0 fully saturated rings. The molecule has 2 unspecified atom stereocenters. The van der Waals surface area contributed by atoms with Crippen LogP contribution in [0, 0.1) is 5.92 Å². The molecule has 1 rings (SSSR count). The summed E-state index contributed by atoms with van der Waals surface area (Å²) in [5.74, 6) is 0.679. The highest BCUT2D eigenvalue weighted by atomic mass is 32.1. The van der Waals surface area contributed by atoms with E-state index in [0.29, 0.717) is 5.92 Å². The topological polar surface area (TPSA) is 36.4 Å². The summed E-state index contributed by atoms with van der Waals surface area (Å²) in [6, 6.07) is 0. The first kappa shape index (κ1) is 13.5. The Bertz CT molecular complexity index is 312. The quantitative estimate of drug-likeness (QED) is 0.833. The van der Waals surface area contributed by atoms with Crippen molar-refractivity contribution in [2.45, 2.75) is 40.2 Å². The van der Waals surface area contributed by atoms with Crippen LogP contribution in [0.1, 0.15) is 45.1 Å². The third kappa shape index (κ3) is 3.46. The molecule has 0 bridgehead atoms. The first-order valence-corrected chi connectivity index (χ1v) is 6.78. The van der Waals surface area contributed by atoms with Gasteiger partial charge in [-0.1, -0.05) is 31.6 Å². The van der Waals surface area contributed by atoms with Gasteiger partial charge in [0.05, 0.1) is 11.0 Å². The number of rotatable bonds is 6. The van der Waals surface area contributed by atoms with Crippen LogP contribution in [-0.4, -0.2) is 23.2 Å². The van der Waals surface area contributed by atoms with Gasteiger partial charge in [-0.05, 0) is 19.8 Å². The van der Waals surface area contributed by atoms with Gasteiger partial charge >= 0.3 is 0 Å². The standard InChI is InChI=1S/C12H22N2OS/c1-5-9(3)8-14(6-2)12-13-7-11(16-12)10(4)15/h7,9-10,15H,5-6,8H2,1-4H3. The SMILES string of the molecule is CCC(C)CN(CC)c1ncc(C(C)O)s1. The van der Waals surface area contributed by atoms with Crippen molar-refractivity contribution in [3.63, 3.8) is 0 Å². The van der Waals surface area contributed by atoms with Gasteiger partial charge in [0, 0.05) is 19.3 Å². The number of aliphatic hydroxyl groups excluding tert-OH is 1. The molecule has 0 aromatic carbocycles. The fraction of sp³-hybridized carbons (Fsp3) is 0.750. The minimum Gasteiger partial charge on any atom is -0.388 e. The molecule has 2 atom stereocenters. The molecule has 3 nitrogen and oxygen atoms in total. The summed E-state index contributed by atoms with van der Waals surface area (Å²) in [5, 5.41) is 10.5. The summed E-state index contributed by atoms with van der Waals surface area (Å²) in [6.45, 7) is 10.4. The van der Waals surface area contributed by atoms with E-state index in [2.05, 4.69) is 30.7 Å². The second-order valence-corrected chi connectivity index (χ2v) is 5.31. The van der Waals surface area contributed by atoms with E-state index in [9.17, 15) is 5.11 Å². The molecule has 0 spiro atoms. The van der Waals surface area contributed by atoms with Crippen molar-refractivity contribution in [2.75, 3.05) is 18.0 Å². The van der Waals surface area contributed by atoms with E-state index in [1.807, 2.05) is 0 Å². The average molecular weight is 242 g/mol. The number of hydrogen-bond donors (Lipinski definition) is 1. The molecule has 0 aliphatic rings. The zero-order chi connectivity index (χ0) is 12.1. The van der Waals surface area contributed by atoms with Gasteiger partial charge in [-0.2, -0.15) is 0 Å². The second-order valence-electron chi connectivity index (χ2n) is 4.27. The smallest absolute Gasteiger partial charge is 0.185 e. The van der Waals surface area contributed by atoms with Crippen LogP contribution in [0.2, 0.25) is 0 Å². The van der Waals surface area contributed by atoms with Crippen molar-refractivity contribution in [2.24, 2.45) is 5.92 Å². The molecule has 0 amide bonds. The van der Waals surface area contributed by atoms with Crippen molar-refractivity contribution >= 4 is 16.5 Å². The van der Waals surface area contributed by atoms with Crippen molar-refractivity contribution in [1.82, 2.24) is 4.98 Å². The van der Waals surface area contributed by atoms with Crippen LogP contribution in [0.5, 0.6) is 0 Å². The van der Waals surface area contributed by atoms with E-state index in [1.54, 1.807) is 24.5 Å². The molecule has 0 saturated heterocycles. The van der Waals surface area contributed by atoms with Crippen molar-refractivity contribution in [1.29, 1.82) is 0 Å². The third-order valence-corrected chi connectivity index (χ3v) is 4.03. The number of anilines is 1. The molecule has 0 aliphatic carbocycles. The molecule has 0 aliphatic heterocycles. The van der Waals surface area contributed by atoms with Gasteiger partial charge in [-0.25, -0.2) is 4.98 Å². The maximum atomic E-state index is 9.47. The average Bonchev–Trinajstić information content (AvgIpc) is 2.74. The monoisotopic (exact) mass is 242 g/mol. The Hall–Kier alpha value is -0.610. The van der Waals surface area contributed by atoms with Gasteiger partial charge < -0.3 is 10.0 Å². The summed E-state index contributed by atoms with van der Waals surface area (Å²) in [5.41, 5.74) is 0. The van der Waals surface area contributed by atoms with Gasteiger partial charge in [0.25, 0.3) is 0 Å². The maximum Gasteiger partial charge on any atom is 0.185 e. The van der Waals surface area contributed by atoms with Crippen molar-refractivity contribution < 1.29 is 5.11 Å². The number of hydrogen-bond acceptors (Lipinski definition) is 4. The lowest BCUT2D eigenvalue weighted by atomic mass is 10.1. The zero-order valence-corrected chi connectivity index (χ0v) is 11.4. The minimum atomic E-state index is -0.409. The Balaban J connectivity index is 2.71. The van der Waals surface area contributed by atoms with Crippen LogP contribution in [0.3, 0.4) is 0 Å². The van der Waals surface area contributed by atoms with Gasteiger partial charge in [0.15, 0.2) is 5.13 Å². The Morgan fingerprint density at radius 2 is 2.12 bits per heavy atom. The largest absolute Gasteiger partial charge is 0.388 e. The normalized spacial score (nSPS) is 14.8. The fourth-order valence-corrected chi connectivity index (χ4v) is 2.39. The van der Waals surface area contributed by atoms with E-state index in [-0.39, 0.29) is 0 Å². The predicted octanol–water partition coefficient (Wildman–Crippen LogP) is 3.07. The summed E-state index contributed by atoms with van der Waals surface area (Å²) in [6.07, 6.45) is 2.56. The molecular formula is C12H22N2OS. The second kappa shape index (κ2) is 6.21. The molecule has 0 radical (unpaired) electrons. The molecule has 16 heavy (non-hydrogen) atoms. The Morgan fingerprint density at radius 3 is 2.56 bits per heavy atom. The highest BCUT2D eigenvalue weighted by Crippen LogP contribution is 2.27. The fourth-order valence-electron chi connectivity index (χ4n) is 1.46. The number of aliphatic hydroxyl groups is 1. The van der Waals surface area contributed by atoms with Crippen molar-refractivity contribution in [3.05, 3.63) is 11.1 Å². The molecule has 1 aromatic rings.